The number of hydrogen-bond donors (Lipinski definition) is 0. The number of carbonyl (C=O) groups is 2. The van der Waals surface area contributed by atoms with Crippen LogP contribution in [0.1, 0.15) is 61.5 Å². The van der Waals surface area contributed by atoms with Crippen molar-refractivity contribution >= 4 is 23.2 Å². The molecule has 4 heteroatoms. The minimum Gasteiger partial charge on any atom is -0.309 e. The molecule has 0 fully saturated rings. The largest absolute Gasteiger partial charge is 0.309 e. The van der Waals surface area contributed by atoms with E-state index in [2.05, 4.69) is 19.9 Å². The SMILES string of the molecule is CCCCC(=O)N1c2ccccc2[C@@H](N(C(=O)c2ccccc2)c2ccccc2)C[C@@H]1C. The Morgan fingerprint density at radius 1 is 0.906 bits per heavy atom. The van der Waals surface area contributed by atoms with Gasteiger partial charge in [0, 0.05) is 29.4 Å². The number of hydrogen-bond acceptors (Lipinski definition) is 2. The molecule has 0 saturated carbocycles. The zero-order chi connectivity index (χ0) is 22.5. The lowest BCUT2D eigenvalue weighted by Crippen LogP contribution is -2.47. The molecule has 4 rings (SSSR count). The van der Waals surface area contributed by atoms with Crippen molar-refractivity contribution in [3.63, 3.8) is 0 Å². The summed E-state index contributed by atoms with van der Waals surface area (Å²) in [6.45, 7) is 4.19. The predicted molar refractivity (Wildman–Crippen MR) is 130 cm³/mol. The zero-order valence-corrected chi connectivity index (χ0v) is 18.8. The van der Waals surface area contributed by atoms with E-state index in [0.717, 1.165) is 29.8 Å². The first-order valence-corrected chi connectivity index (χ1v) is 11.5. The molecule has 0 aromatic heterocycles. The fraction of sp³-hybridized carbons (Fsp3) is 0.286. The standard InChI is InChI=1S/C28H30N2O2/c1-3-4-19-27(31)29-21(2)20-26(24-17-11-12-18-25(24)29)30(23-15-9-6-10-16-23)28(32)22-13-7-5-8-14-22/h5-18,21,26H,3-4,19-20H2,1-2H3/t21-,26-/m0/s1. The van der Waals surface area contributed by atoms with Gasteiger partial charge in [0.25, 0.3) is 5.91 Å². The van der Waals surface area contributed by atoms with Crippen molar-refractivity contribution in [3.8, 4) is 0 Å². The first-order valence-electron chi connectivity index (χ1n) is 11.5. The van der Waals surface area contributed by atoms with Crippen LogP contribution in [0.15, 0.2) is 84.9 Å². The van der Waals surface area contributed by atoms with Gasteiger partial charge in [-0.2, -0.15) is 0 Å². The van der Waals surface area contributed by atoms with E-state index in [1.54, 1.807) is 0 Å². The number of fused-ring (bicyclic) bond motifs is 1. The maximum absolute atomic E-state index is 13.8. The Morgan fingerprint density at radius 3 is 2.22 bits per heavy atom. The third-order valence-corrected chi connectivity index (χ3v) is 6.16. The molecule has 3 aromatic carbocycles. The van der Waals surface area contributed by atoms with Crippen LogP contribution in [0, 0.1) is 0 Å². The molecule has 2 atom stereocenters. The maximum atomic E-state index is 13.8. The highest BCUT2D eigenvalue weighted by Gasteiger charge is 2.38. The van der Waals surface area contributed by atoms with E-state index in [-0.39, 0.29) is 23.9 Å². The van der Waals surface area contributed by atoms with E-state index in [4.69, 9.17) is 0 Å². The van der Waals surface area contributed by atoms with Crippen LogP contribution in [-0.2, 0) is 4.79 Å². The van der Waals surface area contributed by atoms with Gasteiger partial charge in [0.15, 0.2) is 0 Å². The van der Waals surface area contributed by atoms with Crippen LogP contribution in [-0.4, -0.2) is 17.9 Å². The maximum Gasteiger partial charge on any atom is 0.258 e. The number of amides is 2. The Labute approximate surface area is 190 Å². The molecular weight excluding hydrogens is 396 g/mol. The molecule has 1 aliphatic rings. The third kappa shape index (κ3) is 4.31. The molecule has 0 aliphatic carbocycles. The van der Waals surface area contributed by atoms with Gasteiger partial charge < -0.3 is 9.80 Å². The third-order valence-electron chi connectivity index (χ3n) is 6.16. The lowest BCUT2D eigenvalue weighted by molar-refractivity contribution is -0.119. The van der Waals surface area contributed by atoms with Gasteiger partial charge >= 0.3 is 0 Å². The summed E-state index contributed by atoms with van der Waals surface area (Å²) in [5.74, 6) is 0.125. The first-order chi connectivity index (χ1) is 15.6. The lowest BCUT2D eigenvalue weighted by Gasteiger charge is -2.43. The molecule has 3 aromatic rings. The van der Waals surface area contributed by atoms with Crippen molar-refractivity contribution in [1.82, 2.24) is 0 Å². The summed E-state index contributed by atoms with van der Waals surface area (Å²) in [5.41, 5.74) is 3.45. The fourth-order valence-electron chi connectivity index (χ4n) is 4.60. The molecule has 0 N–H and O–H groups in total. The molecule has 164 valence electrons. The Morgan fingerprint density at radius 2 is 1.53 bits per heavy atom. The normalized spacial score (nSPS) is 17.5. The van der Waals surface area contributed by atoms with E-state index in [0.29, 0.717) is 18.4 Å². The Bertz CT molecular complexity index is 1070. The average molecular weight is 427 g/mol. The number of para-hydroxylation sites is 2. The summed E-state index contributed by atoms with van der Waals surface area (Å²) >= 11 is 0. The molecule has 2 amide bonds. The Hall–Kier alpha value is -3.40. The number of nitrogens with zero attached hydrogens (tertiary/aromatic N) is 2. The van der Waals surface area contributed by atoms with Crippen LogP contribution in [0.5, 0.6) is 0 Å². The summed E-state index contributed by atoms with van der Waals surface area (Å²) in [5, 5.41) is 0. The van der Waals surface area contributed by atoms with E-state index < -0.39 is 0 Å². The van der Waals surface area contributed by atoms with E-state index in [1.807, 2.05) is 88.7 Å². The molecule has 1 aliphatic heterocycles. The van der Waals surface area contributed by atoms with Crippen molar-refractivity contribution in [3.05, 3.63) is 96.1 Å². The van der Waals surface area contributed by atoms with Crippen LogP contribution in [0.4, 0.5) is 11.4 Å². The van der Waals surface area contributed by atoms with Crippen LogP contribution in [0.25, 0.3) is 0 Å². The summed E-state index contributed by atoms with van der Waals surface area (Å²) in [4.78, 5) is 30.7. The molecule has 4 nitrogen and oxygen atoms in total. The van der Waals surface area contributed by atoms with E-state index >= 15 is 0 Å². The Balaban J connectivity index is 1.79. The second-order valence-electron chi connectivity index (χ2n) is 8.40. The quantitative estimate of drug-likeness (QED) is 0.458. The summed E-state index contributed by atoms with van der Waals surface area (Å²) in [7, 11) is 0. The number of carbonyl (C=O) groups excluding carboxylic acids is 2. The van der Waals surface area contributed by atoms with Crippen LogP contribution < -0.4 is 9.80 Å². The highest BCUT2D eigenvalue weighted by molar-refractivity contribution is 6.07. The van der Waals surface area contributed by atoms with Gasteiger partial charge in [-0.25, -0.2) is 0 Å². The van der Waals surface area contributed by atoms with Crippen molar-refractivity contribution in [1.29, 1.82) is 0 Å². The van der Waals surface area contributed by atoms with Gasteiger partial charge in [-0.05, 0) is 55.7 Å². The molecule has 0 saturated heterocycles. The topological polar surface area (TPSA) is 40.6 Å². The zero-order valence-electron chi connectivity index (χ0n) is 18.8. The van der Waals surface area contributed by atoms with Gasteiger partial charge in [0.1, 0.15) is 0 Å². The smallest absolute Gasteiger partial charge is 0.258 e. The van der Waals surface area contributed by atoms with Crippen molar-refractivity contribution in [2.24, 2.45) is 0 Å². The summed E-state index contributed by atoms with van der Waals surface area (Å²) < 4.78 is 0. The molecule has 0 unspecified atom stereocenters. The van der Waals surface area contributed by atoms with Gasteiger partial charge in [-0.15, -0.1) is 0 Å². The number of rotatable bonds is 6. The molecule has 0 radical (unpaired) electrons. The van der Waals surface area contributed by atoms with Crippen molar-refractivity contribution < 1.29 is 9.59 Å². The highest BCUT2D eigenvalue weighted by atomic mass is 16.2. The monoisotopic (exact) mass is 426 g/mol. The van der Waals surface area contributed by atoms with E-state index in [9.17, 15) is 9.59 Å². The average Bonchev–Trinajstić information content (AvgIpc) is 2.84. The highest BCUT2D eigenvalue weighted by Crippen LogP contribution is 2.43. The number of benzene rings is 3. The molecule has 32 heavy (non-hydrogen) atoms. The van der Waals surface area contributed by atoms with Crippen molar-refractivity contribution in [2.45, 2.75) is 51.6 Å². The fourth-order valence-corrected chi connectivity index (χ4v) is 4.60. The molecule has 0 spiro atoms. The van der Waals surface area contributed by atoms with E-state index in [1.165, 1.54) is 0 Å². The minimum atomic E-state index is -0.161. The van der Waals surface area contributed by atoms with Gasteiger partial charge in [-0.3, -0.25) is 9.59 Å². The van der Waals surface area contributed by atoms with Gasteiger partial charge in [-0.1, -0.05) is 67.9 Å². The van der Waals surface area contributed by atoms with Gasteiger partial charge in [0.2, 0.25) is 5.91 Å². The second kappa shape index (κ2) is 9.82. The summed E-state index contributed by atoms with van der Waals surface area (Å²) in [6.07, 6.45) is 3.11. The van der Waals surface area contributed by atoms with Crippen molar-refractivity contribution in [2.75, 3.05) is 9.80 Å². The second-order valence-corrected chi connectivity index (χ2v) is 8.40. The number of unbranched alkanes of at least 4 members (excludes halogenated alkanes) is 1. The number of anilines is 2. The molecule has 1 heterocycles. The predicted octanol–water partition coefficient (Wildman–Crippen LogP) is 6.39. The van der Waals surface area contributed by atoms with Crippen LogP contribution in [0.3, 0.4) is 0 Å². The minimum absolute atomic E-state index is 0.00552. The van der Waals surface area contributed by atoms with Crippen LogP contribution >= 0.6 is 0 Å². The Kier molecular flexibility index (Phi) is 6.69. The summed E-state index contributed by atoms with van der Waals surface area (Å²) in [6, 6.07) is 27.1. The van der Waals surface area contributed by atoms with Gasteiger partial charge in [0.05, 0.1) is 6.04 Å². The van der Waals surface area contributed by atoms with Crippen LogP contribution in [0.2, 0.25) is 0 Å². The molecule has 0 bridgehead atoms. The molecular formula is C28H30N2O2. The lowest BCUT2D eigenvalue weighted by atomic mass is 9.89. The first kappa shape index (κ1) is 21.8.